The number of para-hydroxylation sites is 1. The molecule has 2 aromatic carbocycles. The molecule has 3 heterocycles. The van der Waals surface area contributed by atoms with Crippen molar-refractivity contribution >= 4 is 63.1 Å². The van der Waals surface area contributed by atoms with Crippen molar-refractivity contribution in [1.82, 2.24) is 14.9 Å². The highest BCUT2D eigenvalue weighted by molar-refractivity contribution is 9.10. The van der Waals surface area contributed by atoms with Crippen LogP contribution in [0.15, 0.2) is 53.1 Å². The quantitative estimate of drug-likeness (QED) is 0.345. The highest BCUT2D eigenvalue weighted by Crippen LogP contribution is 2.43. The molecule has 2 aliphatic heterocycles. The number of ether oxygens (including phenoxy) is 1. The minimum absolute atomic E-state index is 0.108. The number of hydrogen-bond acceptors (Lipinski definition) is 8. The molecule has 0 saturated carbocycles. The zero-order valence-corrected chi connectivity index (χ0v) is 25.2. The molecule has 0 unspecified atom stereocenters. The van der Waals surface area contributed by atoms with E-state index in [1.54, 1.807) is 19.5 Å². The number of nitrogens with one attached hydrogen (secondary N) is 2. The fourth-order valence-corrected chi connectivity index (χ4v) is 6.47. The lowest BCUT2D eigenvalue weighted by Gasteiger charge is -2.29. The zero-order valence-electron chi connectivity index (χ0n) is 22.7. The molecule has 0 radical (unpaired) electrons. The molecule has 2 N–H and O–H groups in total. The van der Waals surface area contributed by atoms with Crippen molar-refractivity contribution in [2.45, 2.75) is 19.3 Å². The first-order valence-electron chi connectivity index (χ1n) is 13.0. The van der Waals surface area contributed by atoms with E-state index in [0.717, 1.165) is 60.8 Å². The van der Waals surface area contributed by atoms with Crippen LogP contribution in [0.3, 0.4) is 0 Å². The number of carbonyl (C=O) groups is 1. The summed E-state index contributed by atoms with van der Waals surface area (Å²) in [6.07, 6.45) is 1.67. The van der Waals surface area contributed by atoms with Gasteiger partial charge in [0, 0.05) is 49.1 Å². The van der Waals surface area contributed by atoms with Gasteiger partial charge in [-0.05, 0) is 79.0 Å². The van der Waals surface area contributed by atoms with E-state index < -0.39 is 12.6 Å². The van der Waals surface area contributed by atoms with Gasteiger partial charge in [-0.3, -0.25) is 9.69 Å². The predicted octanol–water partition coefficient (Wildman–Crippen LogP) is 4.93. The van der Waals surface area contributed by atoms with Crippen LogP contribution in [0.2, 0.25) is 0 Å². The zero-order chi connectivity index (χ0) is 27.8. The van der Waals surface area contributed by atoms with Crippen LogP contribution in [-0.2, 0) is 19.5 Å². The van der Waals surface area contributed by atoms with Crippen LogP contribution >= 0.6 is 23.1 Å². The molecule has 1 amide bonds. The SMILES string of the molecule is CC1(C)C(=O)N(CCN2CCOCC2)c2ccc(Nc3ncc(Br)c(Nc4ccccc4P(C)(C)=O)n3)cc21. The standard InChI is InChI=1S/C28H34BrN6O3P/c1-28(2)20-17-19(9-10-23(20)35(26(28)36)12-11-34-13-15-38-16-14-34)31-27-30-18-21(29)25(33-27)32-22-7-5-6-8-24(22)39(3,4)37/h5-10,17-18H,11-16H2,1-4H3,(H2,30,31,32,33). The van der Waals surface area contributed by atoms with Crippen LogP contribution in [0.5, 0.6) is 0 Å². The van der Waals surface area contributed by atoms with E-state index >= 15 is 0 Å². The van der Waals surface area contributed by atoms with E-state index in [1.807, 2.05) is 61.2 Å². The van der Waals surface area contributed by atoms with E-state index in [1.165, 1.54) is 0 Å². The van der Waals surface area contributed by atoms with E-state index in [9.17, 15) is 9.36 Å². The maximum Gasteiger partial charge on any atom is 0.237 e. The second-order valence-electron chi connectivity index (χ2n) is 10.8. The van der Waals surface area contributed by atoms with Gasteiger partial charge in [0.05, 0.1) is 28.8 Å². The van der Waals surface area contributed by atoms with Gasteiger partial charge >= 0.3 is 0 Å². The Balaban J connectivity index is 1.36. The smallest absolute Gasteiger partial charge is 0.237 e. The summed E-state index contributed by atoms with van der Waals surface area (Å²) in [5, 5.41) is 7.36. The van der Waals surface area contributed by atoms with Crippen molar-refractivity contribution in [2.75, 3.05) is 68.3 Å². The maximum atomic E-state index is 13.4. The topological polar surface area (TPSA) is 99.7 Å². The number of hydrogen-bond donors (Lipinski definition) is 2. The molecular weight excluding hydrogens is 579 g/mol. The van der Waals surface area contributed by atoms with Crippen LogP contribution in [0, 0.1) is 0 Å². The van der Waals surface area contributed by atoms with Gasteiger partial charge in [-0.2, -0.15) is 4.98 Å². The molecule has 11 heteroatoms. The van der Waals surface area contributed by atoms with Gasteiger partial charge in [0.15, 0.2) is 0 Å². The molecule has 5 rings (SSSR count). The summed E-state index contributed by atoms with van der Waals surface area (Å²) in [6, 6.07) is 13.5. The normalized spacial score (nSPS) is 17.3. The van der Waals surface area contributed by atoms with Crippen LogP contribution in [0.1, 0.15) is 19.4 Å². The van der Waals surface area contributed by atoms with Gasteiger partial charge in [-0.25, -0.2) is 4.98 Å². The molecule has 0 aliphatic carbocycles. The first-order valence-corrected chi connectivity index (χ1v) is 16.4. The minimum atomic E-state index is -2.49. The summed E-state index contributed by atoms with van der Waals surface area (Å²) in [5.41, 5.74) is 2.83. The Hall–Kier alpha value is -2.78. The van der Waals surface area contributed by atoms with Crippen LogP contribution in [-0.4, -0.2) is 73.5 Å². The van der Waals surface area contributed by atoms with Gasteiger partial charge in [0.1, 0.15) is 13.0 Å². The lowest BCUT2D eigenvalue weighted by atomic mass is 9.86. The number of carbonyl (C=O) groups excluding carboxylic acids is 1. The van der Waals surface area contributed by atoms with E-state index in [2.05, 4.69) is 41.4 Å². The lowest BCUT2D eigenvalue weighted by molar-refractivity contribution is -0.122. The summed E-state index contributed by atoms with van der Waals surface area (Å²) in [6.45, 7) is 12.2. The number of morpholine rings is 1. The highest BCUT2D eigenvalue weighted by Gasteiger charge is 2.43. The summed E-state index contributed by atoms with van der Waals surface area (Å²) >= 11 is 3.52. The Kier molecular flexibility index (Phi) is 7.84. The number of benzene rings is 2. The maximum absolute atomic E-state index is 13.4. The average Bonchev–Trinajstić information content (AvgIpc) is 3.09. The van der Waals surface area contributed by atoms with Crippen LogP contribution in [0.4, 0.5) is 28.8 Å². The van der Waals surface area contributed by atoms with E-state index in [4.69, 9.17) is 4.74 Å². The van der Waals surface area contributed by atoms with Crippen molar-refractivity contribution in [3.63, 3.8) is 0 Å². The van der Waals surface area contributed by atoms with Gasteiger partial charge < -0.3 is 24.8 Å². The number of anilines is 5. The fraction of sp³-hybridized carbons (Fsp3) is 0.393. The monoisotopic (exact) mass is 612 g/mol. The van der Waals surface area contributed by atoms with Gasteiger partial charge in [-0.1, -0.05) is 12.1 Å². The second kappa shape index (κ2) is 11.0. The number of rotatable bonds is 8. The third-order valence-corrected chi connectivity index (χ3v) is 9.35. The Labute approximate surface area is 237 Å². The molecule has 0 spiro atoms. The van der Waals surface area contributed by atoms with Crippen LogP contribution in [0.25, 0.3) is 0 Å². The fourth-order valence-electron chi connectivity index (χ4n) is 5.02. The van der Waals surface area contributed by atoms with Crippen molar-refractivity contribution in [1.29, 1.82) is 0 Å². The molecule has 1 saturated heterocycles. The summed E-state index contributed by atoms with van der Waals surface area (Å²) in [7, 11) is -2.49. The van der Waals surface area contributed by atoms with Crippen LogP contribution < -0.4 is 20.8 Å². The molecule has 1 fully saturated rings. The number of halogens is 1. The number of amides is 1. The molecule has 9 nitrogen and oxygen atoms in total. The summed E-state index contributed by atoms with van der Waals surface area (Å²) < 4.78 is 18.9. The molecule has 206 valence electrons. The van der Waals surface area contributed by atoms with Crippen molar-refractivity contribution < 1.29 is 14.1 Å². The van der Waals surface area contributed by atoms with Gasteiger partial charge in [0.2, 0.25) is 11.9 Å². The first-order chi connectivity index (χ1) is 18.5. The Morgan fingerprint density at radius 1 is 1.08 bits per heavy atom. The highest BCUT2D eigenvalue weighted by atomic mass is 79.9. The third-order valence-electron chi connectivity index (χ3n) is 7.22. The molecule has 2 aliphatic rings. The van der Waals surface area contributed by atoms with E-state index in [-0.39, 0.29) is 5.91 Å². The third kappa shape index (κ3) is 5.89. The average molecular weight is 613 g/mol. The Bertz CT molecular complexity index is 1440. The Morgan fingerprint density at radius 2 is 1.82 bits per heavy atom. The number of nitrogens with zero attached hydrogens (tertiary/aromatic N) is 4. The van der Waals surface area contributed by atoms with Crippen molar-refractivity contribution in [2.24, 2.45) is 0 Å². The molecule has 39 heavy (non-hydrogen) atoms. The van der Waals surface area contributed by atoms with Gasteiger partial charge in [0.25, 0.3) is 0 Å². The molecule has 0 bridgehead atoms. The first kappa shape index (κ1) is 27.8. The number of fused-ring (bicyclic) bond motifs is 1. The summed E-state index contributed by atoms with van der Waals surface area (Å²) in [4.78, 5) is 26.7. The van der Waals surface area contributed by atoms with E-state index in [0.29, 0.717) is 22.8 Å². The molecule has 0 atom stereocenters. The Morgan fingerprint density at radius 3 is 2.56 bits per heavy atom. The molecule has 1 aromatic heterocycles. The van der Waals surface area contributed by atoms with Crippen molar-refractivity contribution in [3.05, 3.63) is 58.7 Å². The largest absolute Gasteiger partial charge is 0.379 e. The second-order valence-corrected chi connectivity index (χ2v) is 14.8. The predicted molar refractivity (Wildman–Crippen MR) is 161 cm³/mol. The lowest BCUT2D eigenvalue weighted by Crippen LogP contribution is -2.44. The number of aromatic nitrogens is 2. The summed E-state index contributed by atoms with van der Waals surface area (Å²) in [5.74, 6) is 1.07. The molecule has 3 aromatic rings. The van der Waals surface area contributed by atoms with Crippen molar-refractivity contribution in [3.8, 4) is 0 Å². The molecular formula is C28H34BrN6O3P. The van der Waals surface area contributed by atoms with Gasteiger partial charge in [-0.15, -0.1) is 0 Å². The minimum Gasteiger partial charge on any atom is -0.379 e.